The van der Waals surface area contributed by atoms with Crippen LogP contribution in [0.1, 0.15) is 69.8 Å². The Balaban J connectivity index is 1.13. The lowest BCUT2D eigenvalue weighted by atomic mass is 9.93. The van der Waals surface area contributed by atoms with E-state index in [-0.39, 0.29) is 23.9 Å². The molecule has 0 saturated carbocycles. The van der Waals surface area contributed by atoms with Gasteiger partial charge in [-0.05, 0) is 90.9 Å². The van der Waals surface area contributed by atoms with Gasteiger partial charge >= 0.3 is 5.76 Å². The molecule has 7 aromatic rings. The van der Waals surface area contributed by atoms with Crippen LogP contribution in [0.2, 0.25) is 0 Å². The van der Waals surface area contributed by atoms with Gasteiger partial charge in [-0.1, -0.05) is 12.1 Å². The van der Waals surface area contributed by atoms with Crippen molar-refractivity contribution in [3.05, 3.63) is 111 Å². The van der Waals surface area contributed by atoms with Gasteiger partial charge in [0.25, 0.3) is 11.8 Å². The summed E-state index contributed by atoms with van der Waals surface area (Å²) in [5, 5.41) is 11.5. The molecule has 10 rings (SSSR count). The molecule has 0 bridgehead atoms. The molecule has 3 aliphatic rings. The van der Waals surface area contributed by atoms with Crippen molar-refractivity contribution < 1.29 is 13.9 Å². The third-order valence-electron chi connectivity index (χ3n) is 10.5. The Labute approximate surface area is 295 Å². The largest absolute Gasteiger partial charge is 0.496 e. The van der Waals surface area contributed by atoms with E-state index in [9.17, 15) is 9.59 Å². The topological polar surface area (TPSA) is 144 Å². The van der Waals surface area contributed by atoms with Crippen molar-refractivity contribution in [3.63, 3.8) is 0 Å². The molecule has 254 valence electrons. The van der Waals surface area contributed by atoms with E-state index in [2.05, 4.69) is 44.8 Å². The molecule has 2 N–H and O–H groups in total. The van der Waals surface area contributed by atoms with Crippen molar-refractivity contribution in [3.8, 4) is 27.6 Å². The van der Waals surface area contributed by atoms with E-state index in [4.69, 9.17) is 19.1 Å². The number of hydrogen-bond donors (Lipinski definition) is 2. The maximum absolute atomic E-state index is 14.3. The highest BCUT2D eigenvalue weighted by atomic mass is 32.1. The van der Waals surface area contributed by atoms with Crippen LogP contribution in [0, 0.1) is 0 Å². The second kappa shape index (κ2) is 11.6. The molecule has 0 radical (unpaired) electrons. The summed E-state index contributed by atoms with van der Waals surface area (Å²) in [6.45, 7) is 0.684. The van der Waals surface area contributed by atoms with E-state index in [1.165, 1.54) is 11.1 Å². The molecule has 1 aliphatic carbocycles. The first-order chi connectivity index (χ1) is 25.0. The average Bonchev–Trinajstić information content (AvgIpc) is 4.00. The number of ether oxygens (including phenoxy) is 1. The lowest BCUT2D eigenvalue weighted by Crippen LogP contribution is -2.22. The first-order valence-corrected chi connectivity index (χ1v) is 18.0. The molecule has 13 heteroatoms. The number of aromatic amines is 1. The Morgan fingerprint density at radius 1 is 1.04 bits per heavy atom. The molecule has 8 heterocycles. The highest BCUT2D eigenvalue weighted by Gasteiger charge is 2.45. The first kappa shape index (κ1) is 30.0. The molecule has 12 nitrogen and oxygen atoms in total. The molecular formula is C38H32N8O4S. The van der Waals surface area contributed by atoms with Crippen molar-refractivity contribution in [1.29, 1.82) is 0 Å². The number of anilines is 1. The predicted octanol–water partition coefficient (Wildman–Crippen LogP) is 6.53. The number of H-pyrrole nitrogens is 1. The number of thiophene rings is 1. The number of pyridine rings is 3. The second-order valence-electron chi connectivity index (χ2n) is 13.3. The van der Waals surface area contributed by atoms with Gasteiger partial charge in [-0.25, -0.2) is 19.9 Å². The van der Waals surface area contributed by atoms with Crippen molar-refractivity contribution in [2.24, 2.45) is 0 Å². The Morgan fingerprint density at radius 3 is 2.86 bits per heavy atom. The van der Waals surface area contributed by atoms with Crippen LogP contribution in [0.3, 0.4) is 0 Å². The van der Waals surface area contributed by atoms with Crippen molar-refractivity contribution in [2.75, 3.05) is 19.0 Å². The lowest BCUT2D eigenvalue weighted by molar-refractivity contribution is 0.0776. The third-order valence-corrected chi connectivity index (χ3v) is 11.7. The summed E-state index contributed by atoms with van der Waals surface area (Å²) < 4.78 is 14.3. The lowest BCUT2D eigenvalue weighted by Gasteiger charge is -2.16. The van der Waals surface area contributed by atoms with Gasteiger partial charge in [0.05, 0.1) is 46.4 Å². The number of imidazole rings is 1. The molecule has 1 fully saturated rings. The fourth-order valence-corrected chi connectivity index (χ4v) is 9.40. The van der Waals surface area contributed by atoms with Crippen LogP contribution in [0.15, 0.2) is 76.5 Å². The van der Waals surface area contributed by atoms with Gasteiger partial charge in [0.1, 0.15) is 17.2 Å². The van der Waals surface area contributed by atoms with Crippen LogP contribution < -0.4 is 15.8 Å². The minimum atomic E-state index is -0.667. The number of fused-ring (bicyclic) bond motifs is 6. The summed E-state index contributed by atoms with van der Waals surface area (Å²) in [6.07, 6.45) is 12.3. The van der Waals surface area contributed by atoms with Crippen LogP contribution in [0.4, 0.5) is 5.82 Å². The molecule has 6 aromatic heterocycles. The van der Waals surface area contributed by atoms with E-state index in [1.807, 2.05) is 46.1 Å². The van der Waals surface area contributed by atoms with Crippen LogP contribution in [0.5, 0.6) is 5.75 Å². The normalized spacial score (nSPS) is 17.7. The number of rotatable bonds is 8. The number of carbonyl (C=O) groups excluding carboxylic acids is 1. The first-order valence-electron chi connectivity index (χ1n) is 17.2. The Hall–Kier alpha value is -5.82. The third kappa shape index (κ3) is 4.78. The van der Waals surface area contributed by atoms with Gasteiger partial charge in [-0.2, -0.15) is 0 Å². The average molecular weight is 697 g/mol. The maximum Gasteiger partial charge on any atom is 0.434 e. The van der Waals surface area contributed by atoms with Gasteiger partial charge < -0.3 is 23.8 Å². The molecule has 1 amide bonds. The van der Waals surface area contributed by atoms with Crippen molar-refractivity contribution in [1.82, 2.24) is 34.4 Å². The Bertz CT molecular complexity index is 2580. The number of hydrogen-bond acceptors (Lipinski definition) is 10. The van der Waals surface area contributed by atoms with E-state index in [1.54, 1.807) is 24.6 Å². The fourth-order valence-electron chi connectivity index (χ4n) is 8.23. The summed E-state index contributed by atoms with van der Waals surface area (Å²) in [7, 11) is 1.71. The summed E-state index contributed by atoms with van der Waals surface area (Å²) in [6, 6.07) is 14.4. The van der Waals surface area contributed by atoms with Crippen molar-refractivity contribution in [2.45, 2.75) is 50.6 Å². The number of aromatic nitrogens is 6. The van der Waals surface area contributed by atoms with Gasteiger partial charge in [-0.15, -0.1) is 16.4 Å². The number of methoxy groups -OCH3 is 1. The summed E-state index contributed by atoms with van der Waals surface area (Å²) >= 11 is 1.57. The van der Waals surface area contributed by atoms with Crippen LogP contribution in [-0.2, 0) is 19.3 Å². The fraction of sp³-hybridized carbons (Fsp3) is 0.263. The van der Waals surface area contributed by atoms with E-state index in [0.717, 1.165) is 74.8 Å². The van der Waals surface area contributed by atoms with E-state index in [0.29, 0.717) is 36.1 Å². The number of nitrogens with one attached hydrogen (secondary N) is 2. The van der Waals surface area contributed by atoms with E-state index >= 15 is 0 Å². The SMILES string of the molecule is COc1cccc2c1CCC2Nc1nccc2cc(-c3c4c(nc(CCc5ccn6ccnc6c5)c3-c3n[nH]c(=O)o3)C3CCCN3C4=O)sc12. The predicted molar refractivity (Wildman–Crippen MR) is 192 cm³/mol. The number of aryl methyl sites for hydroxylation is 2. The monoisotopic (exact) mass is 696 g/mol. The Morgan fingerprint density at radius 2 is 1.98 bits per heavy atom. The van der Waals surface area contributed by atoms with E-state index < -0.39 is 5.76 Å². The smallest absolute Gasteiger partial charge is 0.434 e. The zero-order chi connectivity index (χ0) is 34.2. The molecule has 1 saturated heterocycles. The highest BCUT2D eigenvalue weighted by molar-refractivity contribution is 7.23. The van der Waals surface area contributed by atoms with Crippen molar-refractivity contribution >= 4 is 38.8 Å². The van der Waals surface area contributed by atoms with Gasteiger partial charge in [0, 0.05) is 41.8 Å². The zero-order valence-corrected chi connectivity index (χ0v) is 28.5. The van der Waals surface area contributed by atoms with Gasteiger partial charge in [0.2, 0.25) is 0 Å². The molecule has 2 atom stereocenters. The second-order valence-corrected chi connectivity index (χ2v) is 14.4. The number of carbonyl (C=O) groups is 1. The molecule has 2 unspecified atom stereocenters. The Kier molecular flexibility index (Phi) is 6.85. The summed E-state index contributed by atoms with van der Waals surface area (Å²) in [5.74, 6) is 1.10. The molecule has 51 heavy (non-hydrogen) atoms. The number of amides is 1. The molecule has 0 spiro atoms. The van der Waals surface area contributed by atoms with Crippen LogP contribution >= 0.6 is 11.3 Å². The van der Waals surface area contributed by atoms with Crippen LogP contribution in [0.25, 0.3) is 37.6 Å². The molecular weight excluding hydrogens is 665 g/mol. The minimum absolute atomic E-state index is 0.0455. The number of nitrogens with zero attached hydrogens (tertiary/aromatic N) is 6. The number of benzene rings is 1. The van der Waals surface area contributed by atoms with Gasteiger partial charge in [0.15, 0.2) is 0 Å². The van der Waals surface area contributed by atoms with Crippen LogP contribution in [-0.4, -0.2) is 54.0 Å². The molecule has 2 aliphatic heterocycles. The van der Waals surface area contributed by atoms with Gasteiger partial charge in [-0.3, -0.25) is 9.78 Å². The maximum atomic E-state index is 14.3. The zero-order valence-electron chi connectivity index (χ0n) is 27.7. The highest BCUT2D eigenvalue weighted by Crippen LogP contribution is 2.50. The molecule has 1 aromatic carbocycles. The standard InChI is InChI=1S/C38H32N8O4S/c1-49-27-6-2-4-22-23(27)8-10-24(22)42-35-34-21(11-13-40-35)19-28(51-34)31-30(36-43-44-38(48)50-36)25(9-7-20-12-16-45-17-14-39-29(45)18-20)41-33-26-5-3-15-46(26)37(47)32(31)33/h2,4,6,11-14,16-19,24,26H,3,5,7-10,15H2,1H3,(H,40,42)(H,44,48). The minimum Gasteiger partial charge on any atom is -0.496 e. The quantitative estimate of drug-likeness (QED) is 0.181. The summed E-state index contributed by atoms with van der Waals surface area (Å²) in [4.78, 5) is 44.0. The summed E-state index contributed by atoms with van der Waals surface area (Å²) in [5.41, 5.74) is 7.76.